The van der Waals surface area contributed by atoms with Gasteiger partial charge in [-0.3, -0.25) is 19.8 Å². The van der Waals surface area contributed by atoms with Crippen molar-refractivity contribution in [3.8, 4) is 0 Å². The van der Waals surface area contributed by atoms with E-state index >= 15 is 0 Å². The maximum Gasteiger partial charge on any atom is 0.236 e. The molecule has 2 amide bonds. The van der Waals surface area contributed by atoms with Gasteiger partial charge in [-0.25, -0.2) is 0 Å². The van der Waals surface area contributed by atoms with Crippen molar-refractivity contribution in [3.63, 3.8) is 0 Å². The molecule has 5 rings (SSSR count). The molecule has 0 radical (unpaired) electrons. The molecule has 7 unspecified atom stereocenters. The van der Waals surface area contributed by atoms with Gasteiger partial charge < -0.3 is 21.3 Å². The molecule has 34 heavy (non-hydrogen) atoms. The largest absolute Gasteiger partial charge is 0.358 e. The molecule has 1 saturated carbocycles. The van der Waals surface area contributed by atoms with Gasteiger partial charge in [0, 0.05) is 43.8 Å². The van der Waals surface area contributed by atoms with Crippen LogP contribution < -0.4 is 26.6 Å². The minimum Gasteiger partial charge on any atom is -0.358 e. The normalized spacial score (nSPS) is 43.3. The van der Waals surface area contributed by atoms with Crippen LogP contribution in [-0.2, 0) is 9.59 Å². The zero-order chi connectivity index (χ0) is 23.7. The highest BCUT2D eigenvalue weighted by Crippen LogP contribution is 2.38. The summed E-state index contributed by atoms with van der Waals surface area (Å²) in [5, 5.41) is 17.6. The number of hydrogen-bond donors (Lipinski definition) is 5. The summed E-state index contributed by atoms with van der Waals surface area (Å²) < 4.78 is 0.413. The number of carbonyl (C=O) groups is 2. The third kappa shape index (κ3) is 5.47. The Hall–Kier alpha value is -0.390. The Balaban J connectivity index is 1.28. The Bertz CT molecular complexity index is 740. The first-order chi connectivity index (χ1) is 16.5. The van der Waals surface area contributed by atoms with Gasteiger partial charge in [0.05, 0.1) is 21.6 Å². The van der Waals surface area contributed by atoms with Crippen molar-refractivity contribution in [1.82, 2.24) is 31.5 Å². The lowest BCUT2D eigenvalue weighted by molar-refractivity contribution is -0.123. The number of carbonyl (C=O) groups excluding carboxylic acids is 2. The number of nitrogens with one attached hydrogen (secondary N) is 5. The van der Waals surface area contributed by atoms with Gasteiger partial charge >= 0.3 is 0 Å². The zero-order valence-electron chi connectivity index (χ0n) is 20.2. The van der Waals surface area contributed by atoms with Crippen LogP contribution >= 0.6 is 27.7 Å². The van der Waals surface area contributed by atoms with E-state index in [0.717, 1.165) is 51.6 Å². The third-order valence-corrected chi connectivity index (χ3v) is 11.0. The molecule has 0 aromatic carbocycles. The van der Waals surface area contributed by atoms with Gasteiger partial charge in [-0.1, -0.05) is 22.4 Å². The Labute approximate surface area is 216 Å². The average Bonchev–Trinajstić information content (AvgIpc) is 3.47. The zero-order valence-corrected chi connectivity index (χ0v) is 22.6. The Morgan fingerprint density at radius 1 is 0.971 bits per heavy atom. The summed E-state index contributed by atoms with van der Waals surface area (Å²) in [6.45, 7) is 1.92. The second-order valence-electron chi connectivity index (χ2n) is 10.7. The number of alkyl halides is 1. The van der Waals surface area contributed by atoms with E-state index in [1.807, 2.05) is 0 Å². The third-order valence-electron chi connectivity index (χ3n) is 8.58. The summed E-state index contributed by atoms with van der Waals surface area (Å²) in [5.41, 5.74) is 0. The molecule has 4 saturated heterocycles. The number of fused-ring (bicyclic) bond motifs is 1. The van der Waals surface area contributed by atoms with Gasteiger partial charge in [0.25, 0.3) is 0 Å². The number of hydrogen-bond acceptors (Lipinski definition) is 7. The number of halogens is 1. The van der Waals surface area contributed by atoms with E-state index in [0.29, 0.717) is 34.5 Å². The molecule has 9 atom stereocenters. The molecular weight excluding hydrogens is 516 g/mol. The molecule has 0 aromatic heterocycles. The van der Waals surface area contributed by atoms with Crippen molar-refractivity contribution < 1.29 is 9.59 Å². The minimum absolute atomic E-state index is 0.0852. The molecule has 192 valence electrons. The van der Waals surface area contributed by atoms with E-state index in [1.165, 1.54) is 25.7 Å². The van der Waals surface area contributed by atoms with Crippen LogP contribution in [0.2, 0.25) is 0 Å². The van der Waals surface area contributed by atoms with Crippen LogP contribution in [0.1, 0.15) is 64.2 Å². The summed E-state index contributed by atoms with van der Waals surface area (Å²) in [4.78, 5) is 28.0. The standard InChI is InChI=1S/C24H41BrN6O2S/c1-26-23(32)18-12-17-19(13-28-18)31(22(30-17)16-7-2-3-10-27-16)15-6-4-5-14(11-15)29-24(33)20-8-9-21(25)34-20/h14-22,27-28,30H,2-13H2,1H3,(H,26,32)(H,29,33)/t14-,15+,16?,17?,18?,19?,20?,21?,22?/m1/s1. The first kappa shape index (κ1) is 25.3. The van der Waals surface area contributed by atoms with Gasteiger partial charge in [-0.05, 0) is 64.3 Å². The first-order valence-corrected chi connectivity index (χ1v) is 15.2. The fraction of sp³-hybridized carbons (Fsp3) is 0.917. The summed E-state index contributed by atoms with van der Waals surface area (Å²) in [5.74, 6) is 0.315. The van der Waals surface area contributed by atoms with Crippen molar-refractivity contribution >= 4 is 39.5 Å². The summed E-state index contributed by atoms with van der Waals surface area (Å²) in [7, 11) is 1.72. The summed E-state index contributed by atoms with van der Waals surface area (Å²) >= 11 is 5.41. The van der Waals surface area contributed by atoms with Crippen molar-refractivity contribution in [2.24, 2.45) is 0 Å². The predicted octanol–water partition coefficient (Wildman–Crippen LogP) is 1.25. The number of thioether (sulfide) groups is 1. The molecule has 5 aliphatic rings. The van der Waals surface area contributed by atoms with Gasteiger partial charge in [0.15, 0.2) is 0 Å². The van der Waals surface area contributed by atoms with Crippen LogP contribution in [0.25, 0.3) is 0 Å². The average molecular weight is 558 g/mol. The van der Waals surface area contributed by atoms with Crippen molar-refractivity contribution in [1.29, 1.82) is 0 Å². The topological polar surface area (TPSA) is 97.5 Å². The maximum atomic E-state index is 12.9. The summed E-state index contributed by atoms with van der Waals surface area (Å²) in [6, 6.07) is 1.73. The van der Waals surface area contributed by atoms with E-state index in [2.05, 4.69) is 47.4 Å². The molecular formula is C24H41BrN6O2S. The molecule has 5 N–H and O–H groups in total. The van der Waals surface area contributed by atoms with Crippen molar-refractivity contribution in [2.75, 3.05) is 20.1 Å². The van der Waals surface area contributed by atoms with Crippen LogP contribution in [0, 0.1) is 0 Å². The highest BCUT2D eigenvalue weighted by molar-refractivity contribution is 9.11. The van der Waals surface area contributed by atoms with Gasteiger partial charge in [0.1, 0.15) is 0 Å². The Morgan fingerprint density at radius 2 is 1.85 bits per heavy atom. The predicted molar refractivity (Wildman–Crippen MR) is 140 cm³/mol. The van der Waals surface area contributed by atoms with Crippen molar-refractivity contribution in [3.05, 3.63) is 0 Å². The van der Waals surface area contributed by atoms with Gasteiger partial charge in [0.2, 0.25) is 11.8 Å². The second-order valence-corrected chi connectivity index (χ2v) is 13.9. The van der Waals surface area contributed by atoms with Gasteiger partial charge in [-0.2, -0.15) is 0 Å². The SMILES string of the molecule is CNC(=O)C1CC2NC(C3CCCCN3)N([C@H]3CCC[C@@H](NC(=O)C4CCC(Br)S4)C3)C2CN1. The second kappa shape index (κ2) is 11.3. The Morgan fingerprint density at radius 3 is 2.59 bits per heavy atom. The van der Waals surface area contributed by atoms with Crippen molar-refractivity contribution in [2.45, 2.75) is 116 Å². The molecule has 5 fully saturated rings. The quantitative estimate of drug-likeness (QED) is 0.325. The van der Waals surface area contributed by atoms with E-state index in [4.69, 9.17) is 0 Å². The van der Waals surface area contributed by atoms with E-state index < -0.39 is 0 Å². The van der Waals surface area contributed by atoms with E-state index in [-0.39, 0.29) is 29.1 Å². The lowest BCUT2D eigenvalue weighted by Gasteiger charge is -2.45. The monoisotopic (exact) mass is 556 g/mol. The minimum atomic E-state index is -0.126. The number of likely N-dealkylation sites (N-methyl/N-ethyl adjacent to an activating group) is 1. The molecule has 4 aliphatic heterocycles. The molecule has 4 heterocycles. The molecule has 10 heteroatoms. The fourth-order valence-electron chi connectivity index (χ4n) is 6.90. The maximum absolute atomic E-state index is 12.9. The molecule has 0 spiro atoms. The van der Waals surface area contributed by atoms with E-state index in [9.17, 15) is 9.59 Å². The lowest BCUT2D eigenvalue weighted by Crippen LogP contribution is -2.61. The van der Waals surface area contributed by atoms with E-state index in [1.54, 1.807) is 18.8 Å². The van der Waals surface area contributed by atoms with Crippen LogP contribution in [0.4, 0.5) is 0 Å². The Kier molecular flexibility index (Phi) is 8.43. The molecule has 0 aromatic rings. The van der Waals surface area contributed by atoms with Crippen LogP contribution in [-0.4, -0.2) is 88.7 Å². The molecule has 8 nitrogen and oxygen atoms in total. The smallest absolute Gasteiger partial charge is 0.236 e. The molecule has 1 aliphatic carbocycles. The highest BCUT2D eigenvalue weighted by Gasteiger charge is 2.50. The lowest BCUT2D eigenvalue weighted by atomic mass is 9.87. The molecule has 0 bridgehead atoms. The van der Waals surface area contributed by atoms with Gasteiger partial charge in [-0.15, -0.1) is 11.8 Å². The number of rotatable bonds is 5. The number of nitrogens with zero attached hydrogens (tertiary/aromatic N) is 1. The highest BCUT2D eigenvalue weighted by atomic mass is 79.9. The van der Waals surface area contributed by atoms with Crippen LogP contribution in [0.3, 0.4) is 0 Å². The van der Waals surface area contributed by atoms with Crippen LogP contribution in [0.15, 0.2) is 0 Å². The summed E-state index contributed by atoms with van der Waals surface area (Å²) in [6.07, 6.45) is 11.3. The first-order valence-electron chi connectivity index (χ1n) is 13.3. The van der Waals surface area contributed by atoms with Crippen LogP contribution in [0.5, 0.6) is 0 Å². The number of piperidine rings is 2. The number of amides is 2. The fourth-order valence-corrected chi connectivity index (χ4v) is 9.04.